The van der Waals surface area contributed by atoms with Crippen LogP contribution < -0.4 is 27.0 Å². The molecule has 3 aromatic carbocycles. The number of benzene rings is 3. The summed E-state index contributed by atoms with van der Waals surface area (Å²) in [6.07, 6.45) is -9.70. The van der Waals surface area contributed by atoms with Crippen molar-refractivity contribution >= 4 is 77.1 Å². The van der Waals surface area contributed by atoms with Crippen LogP contribution in [-0.4, -0.2) is 170 Å². The van der Waals surface area contributed by atoms with Crippen LogP contribution in [0.25, 0.3) is 0 Å². The van der Waals surface area contributed by atoms with Gasteiger partial charge >= 0.3 is 30.2 Å². The summed E-state index contributed by atoms with van der Waals surface area (Å²) in [5.41, 5.74) is -3.49. The number of nitrogens with zero attached hydrogens (tertiary/aromatic N) is 1. The molecule has 2 heterocycles. The Kier molecular flexibility index (Phi) is 24.6. The number of ketones is 1. The quantitative estimate of drug-likeness (QED) is 0.0142. The Labute approximate surface area is 585 Å². The molecule has 8 rings (SSSR count). The predicted molar refractivity (Wildman–Crippen MR) is 358 cm³/mol. The molecule has 0 radical (unpaired) electrons. The number of primary amides is 1. The average Bonchev–Trinajstić information content (AvgIpc) is 0.849. The fraction of sp³-hybridized carbons (Fsp3) is 0.534. The summed E-state index contributed by atoms with van der Waals surface area (Å²) in [6, 6.07) is 17.5. The van der Waals surface area contributed by atoms with E-state index in [1.807, 2.05) is 0 Å². The molecule has 28 nitrogen and oxygen atoms in total. The number of esters is 3. The van der Waals surface area contributed by atoms with E-state index in [1.165, 1.54) is 88.4 Å². The first kappa shape index (κ1) is 77.4. The van der Waals surface area contributed by atoms with E-state index in [2.05, 4.69) is 21.3 Å². The molecule has 546 valence electrons. The van der Waals surface area contributed by atoms with Crippen molar-refractivity contribution in [3.8, 4) is 0 Å². The summed E-state index contributed by atoms with van der Waals surface area (Å²) >= 11 is 0. The first-order chi connectivity index (χ1) is 47.5. The number of carbonyl (C=O) groups is 12. The van der Waals surface area contributed by atoms with Crippen LogP contribution in [0.2, 0.25) is 0 Å². The lowest BCUT2D eigenvalue weighted by Gasteiger charge is -2.67. The highest BCUT2D eigenvalue weighted by Gasteiger charge is 2.78. The number of ether oxygens (including phenoxy) is 7. The lowest BCUT2D eigenvalue weighted by molar-refractivity contribution is -0.346. The molecule has 0 aromatic heterocycles. The summed E-state index contributed by atoms with van der Waals surface area (Å²) in [5, 5.41) is 49.6. The van der Waals surface area contributed by atoms with Gasteiger partial charge in [0.2, 0.25) is 29.7 Å². The van der Waals surface area contributed by atoms with Crippen molar-refractivity contribution in [1.82, 2.24) is 20.9 Å². The normalized spacial score (nSPS) is 25.4. The number of amides is 7. The standard InChI is InChI=1S/C73H92N6O22/c1-40(2)56(77-52(83)28-18-13-21-35-79-53(84)33-34-54(79)85)64(89)76-47(26-19-20-27-51(74)82)63(88)75-46-31-29-43(30-32-46)38-95-68(93)98-59(57(44-22-14-11-15-23-44)78-67(92)101-69(5,6)7)66(91)97-48-37-73(94)62(99-65(90)45-24-16-12-17-25-45)60-71(10,61(87)58(86)55(41(48)3)70(73,8)9)49(81)36-50-72(60,39-96-50)100-42(4)80/h11-12,14-17,22-25,29-34,40,47-50,56-60,62,81,86,94H,13,18-21,26-28,35-39H2,1-10H3,(H2,74,82)(H,75,88)(H,76,89)(H,77,83)(H,78,92)/t47-,48-,49-,50+,56-,57-,58+,59+,60-,62-,71+,72-,73+/m0/s1. The van der Waals surface area contributed by atoms with Crippen LogP contribution >= 0.6 is 0 Å². The van der Waals surface area contributed by atoms with Gasteiger partial charge in [0.1, 0.15) is 60.4 Å². The Morgan fingerprint density at radius 1 is 0.782 bits per heavy atom. The number of nitrogens with two attached hydrogens (primary N) is 1. The minimum Gasteiger partial charge on any atom is -0.455 e. The molecule has 2 bridgehead atoms. The van der Waals surface area contributed by atoms with Crippen LogP contribution in [0.4, 0.5) is 15.3 Å². The fourth-order valence-electron chi connectivity index (χ4n) is 14.2. The number of carbonyl (C=O) groups excluding carboxylic acids is 12. The number of aliphatic hydroxyl groups excluding tert-OH is 2. The van der Waals surface area contributed by atoms with E-state index < -0.39 is 179 Å². The smallest absolute Gasteiger partial charge is 0.455 e. The first-order valence-corrected chi connectivity index (χ1v) is 33.8. The topological polar surface area (TPSA) is 408 Å². The van der Waals surface area contributed by atoms with E-state index in [9.17, 15) is 63.3 Å². The molecule has 2 aliphatic heterocycles. The van der Waals surface area contributed by atoms with Gasteiger partial charge < -0.3 is 75.5 Å². The second kappa shape index (κ2) is 32.1. The predicted octanol–water partition coefficient (Wildman–Crippen LogP) is 5.72. The Balaban J connectivity index is 1.03. The monoisotopic (exact) mass is 1400 g/mol. The highest BCUT2D eigenvalue weighted by atomic mass is 16.7. The summed E-state index contributed by atoms with van der Waals surface area (Å²) in [6.45, 7) is 14.4. The SMILES string of the molecule is CC(=O)O[C@@]12CO[C@@H]1C[C@H](O)[C@@]1(C)C(=O)[C@H](O)C3=C(C)[C@@H](OC(=O)[C@H](OC(=O)OCc4ccc(NC(=O)[C@H](CCCCC(N)=O)NC(=O)[C@@H](NC(=O)CCCCCN5C(=O)C=CC5=O)C(C)C)cc4)[C@@H](NC(=O)OC(C)(C)C)c4ccccc4)C[C@@](O)([C@@H](OC(=O)c4ccccc4)[C@H]21)C3(C)C. The van der Waals surface area contributed by atoms with Gasteiger partial charge in [0.25, 0.3) is 11.8 Å². The molecule has 101 heavy (non-hydrogen) atoms. The third-order valence-corrected chi connectivity index (χ3v) is 19.6. The minimum absolute atomic E-state index is 0.00282. The number of hydrogen-bond acceptors (Lipinski definition) is 22. The molecule has 28 heteroatoms. The van der Waals surface area contributed by atoms with E-state index >= 15 is 9.59 Å². The highest BCUT2D eigenvalue weighted by molar-refractivity contribution is 6.12. The fourth-order valence-corrected chi connectivity index (χ4v) is 14.2. The van der Waals surface area contributed by atoms with Crippen molar-refractivity contribution in [2.24, 2.45) is 28.4 Å². The van der Waals surface area contributed by atoms with Gasteiger partial charge in [-0.3, -0.25) is 43.3 Å². The third kappa shape index (κ3) is 17.5. The molecule has 7 amide bonds. The molecule has 0 spiro atoms. The van der Waals surface area contributed by atoms with Gasteiger partial charge in [-0.1, -0.05) is 101 Å². The average molecular weight is 1410 g/mol. The maximum Gasteiger partial charge on any atom is 0.509 e. The number of nitrogens with one attached hydrogen (secondary N) is 4. The molecular weight excluding hydrogens is 1310 g/mol. The largest absolute Gasteiger partial charge is 0.509 e. The second-order valence-electron chi connectivity index (χ2n) is 28.4. The minimum atomic E-state index is -2.54. The van der Waals surface area contributed by atoms with Crippen molar-refractivity contribution in [3.63, 3.8) is 0 Å². The molecule has 13 atom stereocenters. The van der Waals surface area contributed by atoms with Crippen LogP contribution in [0, 0.1) is 22.7 Å². The Morgan fingerprint density at radius 3 is 2.01 bits per heavy atom. The second-order valence-corrected chi connectivity index (χ2v) is 28.4. The zero-order valence-electron chi connectivity index (χ0n) is 58.4. The number of rotatable bonds is 28. The molecule has 5 aliphatic rings. The van der Waals surface area contributed by atoms with Gasteiger partial charge in [0.05, 0.1) is 29.6 Å². The summed E-state index contributed by atoms with van der Waals surface area (Å²) < 4.78 is 41.9. The van der Waals surface area contributed by atoms with Crippen LogP contribution in [-0.2, 0) is 82.9 Å². The number of Topliss-reactive ketones (excluding diaryl/α,β-unsaturated/α-hetero) is 1. The zero-order chi connectivity index (χ0) is 74.1. The molecule has 9 N–H and O–H groups in total. The molecule has 1 saturated heterocycles. The van der Waals surface area contributed by atoms with E-state index in [0.717, 1.165) is 11.8 Å². The first-order valence-electron chi connectivity index (χ1n) is 33.8. The lowest BCUT2D eigenvalue weighted by atomic mass is 9.44. The van der Waals surface area contributed by atoms with E-state index in [0.29, 0.717) is 37.7 Å². The molecule has 3 aromatic rings. The van der Waals surface area contributed by atoms with Gasteiger partial charge in [-0.2, -0.15) is 0 Å². The Morgan fingerprint density at radius 2 is 1.42 bits per heavy atom. The van der Waals surface area contributed by atoms with Gasteiger partial charge in [0, 0.05) is 62.4 Å². The van der Waals surface area contributed by atoms with Crippen LogP contribution in [0.3, 0.4) is 0 Å². The number of fused-ring (bicyclic) bond motifs is 5. The summed E-state index contributed by atoms with van der Waals surface area (Å²) in [4.78, 5) is 164. The van der Waals surface area contributed by atoms with E-state index in [-0.39, 0.29) is 66.8 Å². The number of alkyl carbamates (subject to hydrolysis) is 1. The van der Waals surface area contributed by atoms with Crippen LogP contribution in [0.15, 0.2) is 108 Å². The molecule has 2 saturated carbocycles. The Bertz CT molecular complexity index is 3670. The number of hydrogen-bond donors (Lipinski definition) is 8. The van der Waals surface area contributed by atoms with E-state index in [4.69, 9.17) is 38.9 Å². The molecular formula is C73H92N6O22. The maximum atomic E-state index is 15.4. The number of aliphatic hydroxyl groups is 3. The van der Waals surface area contributed by atoms with Gasteiger partial charge in [-0.05, 0) is 113 Å². The highest BCUT2D eigenvalue weighted by Crippen LogP contribution is 2.64. The lowest BCUT2D eigenvalue weighted by Crippen LogP contribution is -2.81. The zero-order valence-corrected chi connectivity index (χ0v) is 58.4. The maximum absolute atomic E-state index is 15.4. The van der Waals surface area contributed by atoms with Crippen molar-refractivity contribution in [3.05, 3.63) is 125 Å². The Hall–Kier alpha value is -9.38. The van der Waals surface area contributed by atoms with Crippen molar-refractivity contribution in [2.45, 2.75) is 212 Å². The van der Waals surface area contributed by atoms with Crippen molar-refractivity contribution < 1.29 is 106 Å². The summed E-state index contributed by atoms with van der Waals surface area (Å²) in [7, 11) is 0. The number of unbranched alkanes of at least 4 members (excludes halogenated alkanes) is 3. The van der Waals surface area contributed by atoms with Gasteiger partial charge in [-0.15, -0.1) is 0 Å². The van der Waals surface area contributed by atoms with Crippen LogP contribution in [0.1, 0.15) is 161 Å². The number of anilines is 1. The van der Waals surface area contributed by atoms with E-state index in [1.54, 1.807) is 71.0 Å². The van der Waals surface area contributed by atoms with Crippen molar-refractivity contribution in [1.29, 1.82) is 0 Å². The number of imide groups is 1. The van der Waals surface area contributed by atoms with Gasteiger partial charge in [0.15, 0.2) is 11.4 Å². The summed E-state index contributed by atoms with van der Waals surface area (Å²) in [5.74, 6) is -9.38. The van der Waals surface area contributed by atoms with Gasteiger partial charge in [-0.25, -0.2) is 19.2 Å². The van der Waals surface area contributed by atoms with Crippen molar-refractivity contribution in [2.75, 3.05) is 18.5 Å². The van der Waals surface area contributed by atoms with Crippen LogP contribution in [0.5, 0.6) is 0 Å². The third-order valence-electron chi connectivity index (χ3n) is 19.6. The molecule has 3 aliphatic carbocycles. The molecule has 3 fully saturated rings. The molecule has 0 unspecified atom stereocenters.